The number of Topliss-reactive ketones (excluding diaryl/α,β-unsaturated/α-hetero) is 1. The first kappa shape index (κ1) is 16.9. The van der Waals surface area contributed by atoms with Crippen LogP contribution in [0.2, 0.25) is 0 Å². The van der Waals surface area contributed by atoms with Crippen LogP contribution in [0, 0.1) is 0 Å². The molecule has 1 unspecified atom stereocenters. The second-order valence-corrected chi connectivity index (χ2v) is 8.82. The number of carbonyl (C=O) groups excluding carboxylic acids is 1. The lowest BCUT2D eigenvalue weighted by Gasteiger charge is -2.21. The average molecular weight is 362 g/mol. The number of carbonyl (C=O) groups is 1. The summed E-state index contributed by atoms with van der Waals surface area (Å²) in [6.07, 6.45) is 1.73. The first-order chi connectivity index (χ1) is 11.3. The highest BCUT2D eigenvalue weighted by molar-refractivity contribution is 7.90. The quantitative estimate of drug-likeness (QED) is 0.830. The van der Waals surface area contributed by atoms with E-state index >= 15 is 0 Å². The van der Waals surface area contributed by atoms with E-state index < -0.39 is 15.4 Å². The van der Waals surface area contributed by atoms with Crippen molar-refractivity contribution >= 4 is 38.3 Å². The van der Waals surface area contributed by atoms with E-state index in [1.165, 1.54) is 17.6 Å². The van der Waals surface area contributed by atoms with Crippen LogP contribution in [-0.4, -0.2) is 26.1 Å². The zero-order valence-electron chi connectivity index (χ0n) is 13.7. The van der Waals surface area contributed by atoms with Gasteiger partial charge >= 0.3 is 0 Å². The molecular weight excluding hydrogens is 344 g/mol. The van der Waals surface area contributed by atoms with Gasteiger partial charge in [-0.3, -0.25) is 4.79 Å². The van der Waals surface area contributed by atoms with E-state index in [4.69, 9.17) is 4.74 Å². The Kier molecular flexibility index (Phi) is 4.13. The molecule has 4 nitrogen and oxygen atoms in total. The van der Waals surface area contributed by atoms with Gasteiger partial charge in [0.2, 0.25) is 5.78 Å². The molecule has 1 atom stereocenters. The number of ketones is 1. The lowest BCUT2D eigenvalue weighted by Crippen LogP contribution is -2.32. The summed E-state index contributed by atoms with van der Waals surface area (Å²) in [6.45, 7) is 3.71. The summed E-state index contributed by atoms with van der Waals surface area (Å²) in [6, 6.07) is 8.35. The number of rotatable bonds is 4. The summed E-state index contributed by atoms with van der Waals surface area (Å²) in [5, 5.41) is 3.84. The molecule has 0 saturated heterocycles. The Morgan fingerprint density at radius 2 is 1.79 bits per heavy atom. The van der Waals surface area contributed by atoms with E-state index in [9.17, 15) is 13.2 Å². The van der Waals surface area contributed by atoms with Gasteiger partial charge in [-0.25, -0.2) is 8.42 Å². The monoisotopic (exact) mass is 362 g/mol. The lowest BCUT2D eigenvalue weighted by molar-refractivity contribution is -0.126. The Hall–Kier alpha value is -1.92. The van der Waals surface area contributed by atoms with E-state index in [1.807, 2.05) is 23.8 Å². The maximum atomic E-state index is 12.9. The minimum absolute atomic E-state index is 0.0365. The second-order valence-electron chi connectivity index (χ2n) is 6.03. The Labute approximate surface area is 145 Å². The van der Waals surface area contributed by atoms with Gasteiger partial charge in [-0.05, 0) is 60.0 Å². The minimum Gasteiger partial charge on any atom is -0.478 e. The normalized spacial score (nSPS) is 21.2. The van der Waals surface area contributed by atoms with Crippen molar-refractivity contribution in [1.82, 2.24) is 0 Å². The van der Waals surface area contributed by atoms with E-state index in [2.05, 4.69) is 0 Å². The molecule has 1 aromatic carbocycles. The molecule has 1 aliphatic heterocycles. The Balaban J connectivity index is 2.13. The zero-order valence-corrected chi connectivity index (χ0v) is 15.3. The number of sulfone groups is 1. The van der Waals surface area contributed by atoms with Crippen LogP contribution in [0.3, 0.4) is 0 Å². The summed E-state index contributed by atoms with van der Waals surface area (Å²) in [5.74, 6) is 0.480. The average Bonchev–Trinajstić information content (AvgIpc) is 3.15. The van der Waals surface area contributed by atoms with Crippen molar-refractivity contribution in [3.63, 3.8) is 0 Å². The third-order valence-corrected chi connectivity index (χ3v) is 6.10. The molecule has 0 N–H and O–H groups in total. The molecule has 1 aromatic heterocycles. The van der Waals surface area contributed by atoms with Crippen molar-refractivity contribution in [3.8, 4) is 0 Å². The van der Waals surface area contributed by atoms with Crippen molar-refractivity contribution in [1.29, 1.82) is 0 Å². The van der Waals surface area contributed by atoms with Gasteiger partial charge in [-0.2, -0.15) is 11.3 Å². The van der Waals surface area contributed by atoms with Gasteiger partial charge < -0.3 is 4.74 Å². The van der Waals surface area contributed by atoms with Crippen molar-refractivity contribution < 1.29 is 17.9 Å². The summed E-state index contributed by atoms with van der Waals surface area (Å²) < 4.78 is 29.3. The highest BCUT2D eigenvalue weighted by atomic mass is 32.2. The molecule has 1 aliphatic rings. The molecule has 0 fully saturated rings. The fraction of sp³-hybridized carbons (Fsp3) is 0.278. The highest BCUT2D eigenvalue weighted by Crippen LogP contribution is 2.43. The van der Waals surface area contributed by atoms with Crippen LogP contribution in [0.5, 0.6) is 0 Å². The molecule has 0 radical (unpaired) electrons. The van der Waals surface area contributed by atoms with Crippen molar-refractivity contribution in [2.45, 2.75) is 30.8 Å². The zero-order chi connectivity index (χ0) is 17.5. The fourth-order valence-electron chi connectivity index (χ4n) is 2.65. The summed E-state index contributed by atoms with van der Waals surface area (Å²) >= 11 is 1.52. The number of ether oxygens (including phenoxy) is 1. The predicted molar refractivity (Wildman–Crippen MR) is 95.5 cm³/mol. The van der Waals surface area contributed by atoms with E-state index in [0.717, 1.165) is 5.56 Å². The third kappa shape index (κ3) is 2.80. The van der Waals surface area contributed by atoms with Gasteiger partial charge in [0.05, 0.1) is 10.5 Å². The molecule has 24 heavy (non-hydrogen) atoms. The van der Waals surface area contributed by atoms with E-state index in [0.29, 0.717) is 23.3 Å². The molecule has 0 aliphatic carbocycles. The molecular formula is C18H18O4S2. The van der Waals surface area contributed by atoms with Crippen LogP contribution in [0.1, 0.15) is 31.4 Å². The van der Waals surface area contributed by atoms with Crippen LogP contribution in [0.25, 0.3) is 11.3 Å². The summed E-state index contributed by atoms with van der Waals surface area (Å²) in [5.41, 5.74) is 1.22. The molecule has 6 heteroatoms. The van der Waals surface area contributed by atoms with Crippen molar-refractivity contribution in [2.75, 3.05) is 6.26 Å². The highest BCUT2D eigenvalue weighted by Gasteiger charge is 2.45. The van der Waals surface area contributed by atoms with E-state index in [-0.39, 0.29) is 10.7 Å². The standard InChI is InChI=1S/C18H18O4S2/c1-4-18(2)17(19)15(13-9-10-23-11-13)16(22-18)12-5-7-14(8-6-12)24(3,20)21/h5-11H,4H2,1-3H3. The SMILES string of the molecule is CCC1(C)OC(c2ccc(S(C)(=O)=O)cc2)=C(c2ccsc2)C1=O. The molecule has 0 amide bonds. The topological polar surface area (TPSA) is 60.4 Å². The van der Waals surface area contributed by atoms with Crippen LogP contribution in [0.15, 0.2) is 46.0 Å². The Morgan fingerprint density at radius 3 is 2.29 bits per heavy atom. The van der Waals surface area contributed by atoms with Gasteiger partial charge in [-0.1, -0.05) is 6.92 Å². The van der Waals surface area contributed by atoms with Crippen LogP contribution < -0.4 is 0 Å². The number of thiophene rings is 1. The maximum Gasteiger partial charge on any atom is 0.210 e. The smallest absolute Gasteiger partial charge is 0.210 e. The molecule has 3 rings (SSSR count). The van der Waals surface area contributed by atoms with Gasteiger partial charge in [0.25, 0.3) is 0 Å². The lowest BCUT2D eigenvalue weighted by atomic mass is 9.91. The van der Waals surface area contributed by atoms with Crippen molar-refractivity contribution in [2.24, 2.45) is 0 Å². The minimum atomic E-state index is -3.26. The number of hydrogen-bond acceptors (Lipinski definition) is 5. The van der Waals surface area contributed by atoms with Gasteiger partial charge in [0.1, 0.15) is 5.76 Å². The van der Waals surface area contributed by atoms with Gasteiger partial charge in [0.15, 0.2) is 15.4 Å². The Bertz CT molecular complexity index is 906. The molecule has 126 valence electrons. The van der Waals surface area contributed by atoms with Crippen molar-refractivity contribution in [3.05, 3.63) is 52.2 Å². The van der Waals surface area contributed by atoms with E-state index in [1.54, 1.807) is 31.2 Å². The molecule has 0 spiro atoms. The molecule has 2 aromatic rings. The van der Waals surface area contributed by atoms with Crippen LogP contribution in [0.4, 0.5) is 0 Å². The maximum absolute atomic E-state index is 12.9. The summed E-state index contributed by atoms with van der Waals surface area (Å²) in [4.78, 5) is 13.1. The molecule has 0 saturated carbocycles. The predicted octanol–water partition coefficient (Wildman–Crippen LogP) is 3.79. The first-order valence-electron chi connectivity index (χ1n) is 7.57. The first-order valence-corrected chi connectivity index (χ1v) is 10.4. The van der Waals surface area contributed by atoms with Gasteiger partial charge in [0, 0.05) is 11.8 Å². The van der Waals surface area contributed by atoms with Crippen LogP contribution >= 0.6 is 11.3 Å². The van der Waals surface area contributed by atoms with Crippen LogP contribution in [-0.2, 0) is 19.4 Å². The molecule has 0 bridgehead atoms. The number of hydrogen-bond donors (Lipinski definition) is 0. The third-order valence-electron chi connectivity index (χ3n) is 4.29. The fourth-order valence-corrected chi connectivity index (χ4v) is 3.93. The van der Waals surface area contributed by atoms with Gasteiger partial charge in [-0.15, -0.1) is 0 Å². The number of benzene rings is 1. The Morgan fingerprint density at radius 1 is 1.12 bits per heavy atom. The second kappa shape index (κ2) is 5.86. The molecule has 2 heterocycles. The largest absolute Gasteiger partial charge is 0.478 e. The summed E-state index contributed by atoms with van der Waals surface area (Å²) in [7, 11) is -3.26.